The summed E-state index contributed by atoms with van der Waals surface area (Å²) in [5.41, 5.74) is 7.22. The second kappa shape index (κ2) is 14.0. The summed E-state index contributed by atoms with van der Waals surface area (Å²) in [6.45, 7) is 8.86. The molecule has 206 valence electrons. The first-order chi connectivity index (χ1) is 19.0. The zero-order valence-corrected chi connectivity index (χ0v) is 23.7. The van der Waals surface area contributed by atoms with Gasteiger partial charge in [0.05, 0.1) is 6.61 Å². The fourth-order valence-electron chi connectivity index (χ4n) is 4.83. The van der Waals surface area contributed by atoms with Crippen molar-refractivity contribution in [3.63, 3.8) is 0 Å². The number of nitrogens with zero attached hydrogens (tertiary/aromatic N) is 2. The Hall–Kier alpha value is -3.61. The van der Waals surface area contributed by atoms with Gasteiger partial charge in [-0.05, 0) is 98.5 Å². The number of carbonyl (C=O) groups is 1. The van der Waals surface area contributed by atoms with Crippen LogP contribution in [0.15, 0.2) is 72.3 Å². The smallest absolute Gasteiger partial charge is 0.251 e. The standard InChI is InChI=1S/C33H41N3O3/c1-5-38-21-7-19-35(3)24-25-8-13-30(14-9-25)34-33(37)28-18-20-36(4)32-17-12-27(22-29(32)23-28)26-10-15-31(16-11-26)39-6-2/h8-17,22-23H,5-7,18-21,24H2,1-4H3,(H,34,37). The van der Waals surface area contributed by atoms with Crippen molar-refractivity contribution in [3.05, 3.63) is 83.4 Å². The maximum absolute atomic E-state index is 13.3. The summed E-state index contributed by atoms with van der Waals surface area (Å²) in [5, 5.41) is 3.11. The molecule has 4 rings (SSSR count). The molecule has 0 fully saturated rings. The molecule has 0 spiro atoms. The van der Waals surface area contributed by atoms with E-state index < -0.39 is 0 Å². The second-order valence-corrected chi connectivity index (χ2v) is 10.0. The van der Waals surface area contributed by atoms with Crippen molar-refractivity contribution < 1.29 is 14.3 Å². The first-order valence-electron chi connectivity index (χ1n) is 13.9. The minimum atomic E-state index is -0.0523. The van der Waals surface area contributed by atoms with Crippen molar-refractivity contribution in [3.8, 4) is 16.9 Å². The minimum Gasteiger partial charge on any atom is -0.494 e. The summed E-state index contributed by atoms with van der Waals surface area (Å²) in [6, 6.07) is 22.7. The van der Waals surface area contributed by atoms with Crippen LogP contribution in [0.1, 0.15) is 37.8 Å². The molecule has 0 atom stereocenters. The number of benzene rings is 3. The van der Waals surface area contributed by atoms with Crippen LogP contribution >= 0.6 is 0 Å². The topological polar surface area (TPSA) is 54.0 Å². The van der Waals surface area contributed by atoms with Gasteiger partial charge in [0.15, 0.2) is 0 Å². The fourth-order valence-corrected chi connectivity index (χ4v) is 4.83. The summed E-state index contributed by atoms with van der Waals surface area (Å²) in [6.07, 6.45) is 3.74. The molecule has 0 saturated heterocycles. The molecule has 1 aliphatic heterocycles. The Morgan fingerprint density at radius 2 is 1.72 bits per heavy atom. The average molecular weight is 528 g/mol. The van der Waals surface area contributed by atoms with Gasteiger partial charge in [-0.1, -0.05) is 30.3 Å². The Labute approximate surface area is 233 Å². The van der Waals surface area contributed by atoms with E-state index in [0.29, 0.717) is 13.0 Å². The van der Waals surface area contributed by atoms with Crippen molar-refractivity contribution >= 4 is 23.4 Å². The number of carbonyl (C=O) groups excluding carboxylic acids is 1. The second-order valence-electron chi connectivity index (χ2n) is 10.0. The molecular weight excluding hydrogens is 486 g/mol. The Kier molecular flexibility index (Phi) is 10.2. The largest absolute Gasteiger partial charge is 0.494 e. The summed E-state index contributed by atoms with van der Waals surface area (Å²) in [4.78, 5) is 17.8. The van der Waals surface area contributed by atoms with Crippen LogP contribution in [0, 0.1) is 0 Å². The van der Waals surface area contributed by atoms with E-state index in [1.807, 2.05) is 44.2 Å². The van der Waals surface area contributed by atoms with Crippen molar-refractivity contribution in [2.24, 2.45) is 0 Å². The van der Waals surface area contributed by atoms with Crippen molar-refractivity contribution in [1.29, 1.82) is 0 Å². The van der Waals surface area contributed by atoms with Gasteiger partial charge < -0.3 is 24.6 Å². The van der Waals surface area contributed by atoms with Crippen LogP contribution < -0.4 is 15.0 Å². The van der Waals surface area contributed by atoms with E-state index in [1.54, 1.807) is 0 Å². The molecule has 1 N–H and O–H groups in total. The third-order valence-corrected chi connectivity index (χ3v) is 6.97. The van der Waals surface area contributed by atoms with Gasteiger partial charge in [-0.15, -0.1) is 0 Å². The van der Waals surface area contributed by atoms with E-state index in [0.717, 1.165) is 78.7 Å². The number of hydrogen-bond acceptors (Lipinski definition) is 5. The summed E-state index contributed by atoms with van der Waals surface area (Å²) >= 11 is 0. The Morgan fingerprint density at radius 3 is 2.44 bits per heavy atom. The van der Waals surface area contributed by atoms with E-state index in [2.05, 4.69) is 71.7 Å². The molecular formula is C33H41N3O3. The van der Waals surface area contributed by atoms with Gasteiger partial charge in [0.25, 0.3) is 5.91 Å². The third-order valence-electron chi connectivity index (χ3n) is 6.97. The van der Waals surface area contributed by atoms with Gasteiger partial charge in [-0.25, -0.2) is 0 Å². The molecule has 1 aliphatic rings. The average Bonchev–Trinajstić information content (AvgIpc) is 3.11. The van der Waals surface area contributed by atoms with E-state index in [9.17, 15) is 4.79 Å². The van der Waals surface area contributed by atoms with Crippen molar-refractivity contribution in [2.75, 3.05) is 57.2 Å². The molecule has 0 unspecified atom stereocenters. The lowest BCUT2D eigenvalue weighted by atomic mass is 10.00. The van der Waals surface area contributed by atoms with E-state index in [4.69, 9.17) is 9.47 Å². The zero-order chi connectivity index (χ0) is 27.6. The number of amides is 1. The lowest BCUT2D eigenvalue weighted by molar-refractivity contribution is -0.112. The number of anilines is 2. The van der Waals surface area contributed by atoms with Gasteiger partial charge >= 0.3 is 0 Å². The van der Waals surface area contributed by atoms with Gasteiger partial charge in [-0.3, -0.25) is 4.79 Å². The molecule has 3 aromatic rings. The van der Waals surface area contributed by atoms with E-state index in [-0.39, 0.29) is 5.91 Å². The highest BCUT2D eigenvalue weighted by molar-refractivity contribution is 6.07. The SMILES string of the molecule is CCOCCCN(C)Cc1ccc(NC(=O)C2=Cc3cc(-c4ccc(OCC)cc4)ccc3N(C)CC2)cc1. The summed E-state index contributed by atoms with van der Waals surface area (Å²) in [5.74, 6) is 0.815. The van der Waals surface area contributed by atoms with Gasteiger partial charge in [0.1, 0.15) is 5.75 Å². The van der Waals surface area contributed by atoms with Crippen LogP contribution in [0.25, 0.3) is 17.2 Å². The number of fused-ring (bicyclic) bond motifs is 1. The van der Waals surface area contributed by atoms with Gasteiger partial charge in [-0.2, -0.15) is 0 Å². The van der Waals surface area contributed by atoms with Gasteiger partial charge in [0.2, 0.25) is 0 Å². The van der Waals surface area contributed by atoms with Crippen LogP contribution in [-0.2, 0) is 16.1 Å². The highest BCUT2D eigenvalue weighted by Crippen LogP contribution is 2.32. The molecule has 1 heterocycles. The molecule has 0 aromatic heterocycles. The Morgan fingerprint density at radius 1 is 0.974 bits per heavy atom. The first-order valence-corrected chi connectivity index (χ1v) is 13.9. The first kappa shape index (κ1) is 28.4. The molecule has 0 radical (unpaired) electrons. The predicted octanol–water partition coefficient (Wildman–Crippen LogP) is 6.47. The predicted molar refractivity (Wildman–Crippen MR) is 161 cm³/mol. The van der Waals surface area contributed by atoms with Crippen LogP contribution in [0.5, 0.6) is 5.75 Å². The molecule has 0 aliphatic carbocycles. The fraction of sp³-hybridized carbons (Fsp3) is 0.364. The molecule has 39 heavy (non-hydrogen) atoms. The normalized spacial score (nSPS) is 13.1. The molecule has 3 aromatic carbocycles. The third kappa shape index (κ3) is 7.94. The monoisotopic (exact) mass is 527 g/mol. The van der Waals surface area contributed by atoms with Crippen LogP contribution in [0.3, 0.4) is 0 Å². The maximum Gasteiger partial charge on any atom is 0.251 e. The lowest BCUT2D eigenvalue weighted by Crippen LogP contribution is -2.21. The molecule has 0 bridgehead atoms. The Bertz CT molecular complexity index is 1250. The lowest BCUT2D eigenvalue weighted by Gasteiger charge is -2.20. The number of hydrogen-bond donors (Lipinski definition) is 1. The number of rotatable bonds is 12. The van der Waals surface area contributed by atoms with Crippen LogP contribution in [0.4, 0.5) is 11.4 Å². The van der Waals surface area contributed by atoms with E-state index in [1.165, 1.54) is 5.56 Å². The number of nitrogens with one attached hydrogen (secondary N) is 1. The highest BCUT2D eigenvalue weighted by atomic mass is 16.5. The number of ether oxygens (including phenoxy) is 2. The maximum atomic E-state index is 13.3. The minimum absolute atomic E-state index is 0.0523. The quantitative estimate of drug-likeness (QED) is 0.274. The summed E-state index contributed by atoms with van der Waals surface area (Å²) < 4.78 is 11.0. The molecule has 1 amide bonds. The Balaban J connectivity index is 1.43. The highest BCUT2D eigenvalue weighted by Gasteiger charge is 2.18. The van der Waals surface area contributed by atoms with E-state index >= 15 is 0 Å². The van der Waals surface area contributed by atoms with Crippen LogP contribution in [0.2, 0.25) is 0 Å². The van der Waals surface area contributed by atoms with Crippen molar-refractivity contribution in [1.82, 2.24) is 4.90 Å². The zero-order valence-electron chi connectivity index (χ0n) is 23.7. The molecule has 6 nitrogen and oxygen atoms in total. The van der Waals surface area contributed by atoms with Crippen LogP contribution in [-0.4, -0.2) is 57.8 Å². The molecule has 0 saturated carbocycles. The van der Waals surface area contributed by atoms with Gasteiger partial charge in [0, 0.05) is 56.8 Å². The molecule has 6 heteroatoms. The summed E-state index contributed by atoms with van der Waals surface area (Å²) in [7, 11) is 4.20. The van der Waals surface area contributed by atoms with Crippen molar-refractivity contribution in [2.45, 2.75) is 33.2 Å².